The second-order valence-corrected chi connectivity index (χ2v) is 11.4. The van der Waals surface area contributed by atoms with Crippen molar-refractivity contribution in [2.45, 2.75) is 20.5 Å². The molecule has 4 atom stereocenters. The molecule has 5 rings (SSSR count). The van der Waals surface area contributed by atoms with Crippen molar-refractivity contribution in [3.63, 3.8) is 0 Å². The van der Waals surface area contributed by atoms with Gasteiger partial charge in [0.1, 0.15) is 9.75 Å². The summed E-state index contributed by atoms with van der Waals surface area (Å²) in [5.74, 6) is -5.22. The van der Waals surface area contributed by atoms with Crippen LogP contribution in [-0.2, 0) is 16.0 Å². The lowest BCUT2D eigenvalue weighted by Gasteiger charge is -2.33. The van der Waals surface area contributed by atoms with E-state index in [0.29, 0.717) is 5.69 Å². The van der Waals surface area contributed by atoms with E-state index in [1.54, 1.807) is 6.07 Å². The van der Waals surface area contributed by atoms with E-state index in [-0.39, 0.29) is 10.1 Å². The highest BCUT2D eigenvalue weighted by Crippen LogP contribution is 2.76. The first-order valence-electron chi connectivity index (χ1n) is 9.53. The minimum absolute atomic E-state index is 0.233. The lowest BCUT2D eigenvalue weighted by Crippen LogP contribution is -2.47. The Hall–Kier alpha value is -1.14. The Morgan fingerprint density at radius 1 is 0.875 bits per heavy atom. The molecule has 2 aromatic rings. The third-order valence-electron chi connectivity index (χ3n) is 6.55. The molecule has 2 N–H and O–H groups in total. The van der Waals surface area contributed by atoms with Crippen molar-refractivity contribution >= 4 is 87.2 Å². The number of carboxylic acids is 1. The number of halogens is 6. The van der Waals surface area contributed by atoms with E-state index in [2.05, 4.69) is 11.4 Å². The topological polar surface area (TPSA) is 66.4 Å². The summed E-state index contributed by atoms with van der Waals surface area (Å²) in [5, 5.41) is 12.1. The van der Waals surface area contributed by atoms with Crippen molar-refractivity contribution in [3.8, 4) is 11.1 Å². The maximum atomic E-state index is 13.4. The van der Waals surface area contributed by atoms with Crippen molar-refractivity contribution in [1.29, 1.82) is 0 Å². The number of amides is 1. The monoisotopic (exact) mass is 549 g/mol. The standard InChI is InChI=1S/C22H13Cl6NO3/c23-16-17(24)21(26)15(19(31)32)14(20(16,25)22(21,27)28)18(30)29-11-5-6-13-10(8-11)7-9-3-1-2-4-12(9)13/h1-6,8,14-15H,7H2,(H,29,30)(H,31,32)/t14-,15+,20-,21-/m0/s1. The van der Waals surface area contributed by atoms with Crippen LogP contribution in [0.4, 0.5) is 5.69 Å². The highest BCUT2D eigenvalue weighted by molar-refractivity contribution is 6.66. The summed E-state index contributed by atoms with van der Waals surface area (Å²) in [6, 6.07) is 13.5. The Bertz CT molecular complexity index is 1240. The van der Waals surface area contributed by atoms with E-state index in [1.165, 1.54) is 5.56 Å². The van der Waals surface area contributed by atoms with Crippen LogP contribution in [0.5, 0.6) is 0 Å². The molecule has 0 spiro atoms. The van der Waals surface area contributed by atoms with Gasteiger partial charge in [0.2, 0.25) is 5.91 Å². The van der Waals surface area contributed by atoms with E-state index < -0.39 is 37.8 Å². The van der Waals surface area contributed by atoms with E-state index in [0.717, 1.165) is 23.1 Å². The number of hydrogen-bond acceptors (Lipinski definition) is 2. The molecule has 0 saturated heterocycles. The van der Waals surface area contributed by atoms with Gasteiger partial charge in [-0.05, 0) is 40.8 Å². The smallest absolute Gasteiger partial charge is 0.309 e. The molecule has 0 radical (unpaired) electrons. The molecule has 166 valence electrons. The van der Waals surface area contributed by atoms with Crippen LogP contribution in [0.1, 0.15) is 11.1 Å². The van der Waals surface area contributed by atoms with Crippen LogP contribution in [-0.4, -0.2) is 31.1 Å². The quantitative estimate of drug-likeness (QED) is 0.372. The number of carbonyl (C=O) groups is 2. The summed E-state index contributed by atoms with van der Waals surface area (Å²) in [6.07, 6.45) is 0.720. The lowest BCUT2D eigenvalue weighted by molar-refractivity contribution is -0.146. The summed E-state index contributed by atoms with van der Waals surface area (Å²) in [5.41, 5.74) is 4.91. The molecular formula is C22H13Cl6NO3. The predicted molar refractivity (Wildman–Crippen MR) is 128 cm³/mol. The molecule has 0 aromatic heterocycles. The van der Waals surface area contributed by atoms with Crippen LogP contribution >= 0.6 is 69.6 Å². The molecule has 3 aliphatic carbocycles. The van der Waals surface area contributed by atoms with Gasteiger partial charge in [-0.1, -0.05) is 76.7 Å². The molecule has 4 nitrogen and oxygen atoms in total. The second-order valence-electron chi connectivity index (χ2n) is 8.11. The average Bonchev–Trinajstić information content (AvgIpc) is 3.20. The number of aliphatic carboxylic acids is 1. The zero-order chi connectivity index (χ0) is 23.2. The third-order valence-corrected chi connectivity index (χ3v) is 10.8. The van der Waals surface area contributed by atoms with Gasteiger partial charge < -0.3 is 10.4 Å². The zero-order valence-corrected chi connectivity index (χ0v) is 20.5. The minimum Gasteiger partial charge on any atom is -0.481 e. The number of anilines is 1. The van der Waals surface area contributed by atoms with E-state index in [1.807, 2.05) is 30.3 Å². The summed E-state index contributed by atoms with van der Waals surface area (Å²) in [4.78, 5) is 21.4. The third kappa shape index (κ3) is 2.60. The Morgan fingerprint density at radius 3 is 2.12 bits per heavy atom. The first-order chi connectivity index (χ1) is 15.0. The highest BCUT2D eigenvalue weighted by atomic mass is 35.5. The van der Waals surface area contributed by atoms with Crippen molar-refractivity contribution in [2.24, 2.45) is 11.8 Å². The molecule has 0 aliphatic heterocycles. The summed E-state index contributed by atoms with van der Waals surface area (Å²) in [7, 11) is 0. The Morgan fingerprint density at radius 2 is 1.47 bits per heavy atom. The van der Waals surface area contributed by atoms with Crippen molar-refractivity contribution in [2.75, 3.05) is 5.32 Å². The summed E-state index contributed by atoms with van der Waals surface area (Å²) < 4.78 is -2.14. The zero-order valence-electron chi connectivity index (χ0n) is 15.9. The molecule has 32 heavy (non-hydrogen) atoms. The minimum atomic E-state index is -2.14. The molecule has 2 bridgehead atoms. The second kappa shape index (κ2) is 7.18. The normalized spacial score (nSPS) is 31.4. The van der Waals surface area contributed by atoms with Crippen LogP contribution in [0.2, 0.25) is 0 Å². The van der Waals surface area contributed by atoms with E-state index in [9.17, 15) is 14.7 Å². The van der Waals surface area contributed by atoms with Crippen LogP contribution in [0.3, 0.4) is 0 Å². The van der Waals surface area contributed by atoms with Gasteiger partial charge in [-0.25, -0.2) is 0 Å². The summed E-state index contributed by atoms with van der Waals surface area (Å²) in [6.45, 7) is 0. The molecule has 10 heteroatoms. The molecule has 2 aromatic carbocycles. The van der Waals surface area contributed by atoms with Crippen LogP contribution in [0, 0.1) is 11.8 Å². The van der Waals surface area contributed by atoms with Gasteiger partial charge in [-0.15, -0.1) is 23.2 Å². The number of allylic oxidation sites excluding steroid dienone is 2. The fourth-order valence-electron chi connectivity index (χ4n) is 5.07. The molecule has 1 amide bonds. The van der Waals surface area contributed by atoms with Gasteiger partial charge in [-0.3, -0.25) is 9.59 Å². The van der Waals surface area contributed by atoms with Crippen molar-refractivity contribution < 1.29 is 14.7 Å². The molecule has 1 saturated carbocycles. The van der Waals surface area contributed by atoms with Gasteiger partial charge in [0.05, 0.1) is 21.9 Å². The number of benzene rings is 2. The number of rotatable bonds is 3. The highest BCUT2D eigenvalue weighted by Gasteiger charge is 2.85. The number of carbonyl (C=O) groups excluding carboxylic acids is 1. The van der Waals surface area contributed by atoms with Crippen LogP contribution < -0.4 is 5.32 Å². The fourth-order valence-corrected chi connectivity index (χ4v) is 8.01. The predicted octanol–water partition coefficient (Wildman–Crippen LogP) is 6.36. The number of hydrogen-bond donors (Lipinski definition) is 2. The number of fused-ring (bicyclic) bond motifs is 5. The SMILES string of the molecule is O=C(Nc1ccc2c(c1)Cc1ccccc1-2)[C@@H]1[C@H](C(=O)O)[C@]2(Cl)C(Cl)=C(Cl)[C@]1(Cl)C2(Cl)Cl. The van der Waals surface area contributed by atoms with Gasteiger partial charge >= 0.3 is 5.97 Å². The van der Waals surface area contributed by atoms with Crippen molar-refractivity contribution in [1.82, 2.24) is 0 Å². The average molecular weight is 552 g/mol. The number of carboxylic acid groups (broad SMARTS) is 1. The van der Waals surface area contributed by atoms with E-state index in [4.69, 9.17) is 69.6 Å². The summed E-state index contributed by atoms with van der Waals surface area (Å²) >= 11 is 38.7. The molecule has 1 fully saturated rings. The molecule has 3 aliphatic rings. The van der Waals surface area contributed by atoms with Crippen LogP contribution in [0.25, 0.3) is 11.1 Å². The largest absolute Gasteiger partial charge is 0.481 e. The first kappa shape index (κ1) is 22.6. The lowest BCUT2D eigenvalue weighted by atomic mass is 9.81. The Balaban J connectivity index is 1.52. The van der Waals surface area contributed by atoms with Gasteiger partial charge in [0.15, 0.2) is 4.33 Å². The molecular weight excluding hydrogens is 539 g/mol. The maximum absolute atomic E-state index is 13.4. The van der Waals surface area contributed by atoms with Gasteiger partial charge in [-0.2, -0.15) is 0 Å². The number of alkyl halides is 4. The number of nitrogens with one attached hydrogen (secondary N) is 1. The first-order valence-corrected chi connectivity index (χ1v) is 11.8. The van der Waals surface area contributed by atoms with Crippen molar-refractivity contribution in [3.05, 3.63) is 63.7 Å². The Labute approximate surface area is 213 Å². The Kier molecular flexibility index (Phi) is 5.08. The van der Waals surface area contributed by atoms with Crippen LogP contribution in [0.15, 0.2) is 52.5 Å². The molecule has 0 unspecified atom stereocenters. The van der Waals surface area contributed by atoms with Gasteiger partial charge in [0, 0.05) is 5.69 Å². The van der Waals surface area contributed by atoms with Gasteiger partial charge in [0.25, 0.3) is 0 Å². The fraction of sp³-hybridized carbons (Fsp3) is 0.273. The maximum Gasteiger partial charge on any atom is 0.309 e. The van der Waals surface area contributed by atoms with E-state index >= 15 is 0 Å². The molecule has 0 heterocycles.